The summed E-state index contributed by atoms with van der Waals surface area (Å²) in [5.74, 6) is -0.854. The zero-order valence-electron chi connectivity index (χ0n) is 12.5. The number of nitrogens with one attached hydrogen (secondary N) is 1. The predicted molar refractivity (Wildman–Crippen MR) is 82.7 cm³/mol. The molecule has 0 unspecified atom stereocenters. The second-order valence-corrected chi connectivity index (χ2v) is 6.08. The quantitative estimate of drug-likeness (QED) is 0.907. The van der Waals surface area contributed by atoms with Crippen molar-refractivity contribution in [2.75, 3.05) is 0 Å². The number of rotatable bonds is 5. The number of amides is 1. The van der Waals surface area contributed by atoms with Crippen molar-refractivity contribution in [1.82, 2.24) is 19.7 Å². The van der Waals surface area contributed by atoms with E-state index in [1.807, 2.05) is 0 Å². The van der Waals surface area contributed by atoms with Crippen LogP contribution in [0, 0.1) is 5.82 Å². The third-order valence-corrected chi connectivity index (χ3v) is 4.10. The first-order chi connectivity index (χ1) is 11.0. The SMILES string of the molecule is C[C@H](NC(=O)Cn1ncn(C2CC2)c1=O)c1ccc(F)c(Cl)c1. The Balaban J connectivity index is 1.64. The van der Waals surface area contributed by atoms with Crippen LogP contribution in [0.25, 0.3) is 0 Å². The van der Waals surface area contributed by atoms with E-state index < -0.39 is 5.82 Å². The molecule has 23 heavy (non-hydrogen) atoms. The van der Waals surface area contributed by atoms with E-state index in [1.165, 1.54) is 18.5 Å². The summed E-state index contributed by atoms with van der Waals surface area (Å²) in [6.07, 6.45) is 3.41. The molecule has 122 valence electrons. The Morgan fingerprint density at radius 3 is 2.91 bits per heavy atom. The number of carbonyl (C=O) groups excluding carboxylic acids is 1. The molecule has 2 aromatic rings. The molecule has 1 heterocycles. The minimum Gasteiger partial charge on any atom is -0.348 e. The van der Waals surface area contributed by atoms with E-state index in [0.29, 0.717) is 5.56 Å². The Labute approximate surface area is 136 Å². The maximum absolute atomic E-state index is 13.2. The molecule has 1 aliphatic carbocycles. The zero-order chi connectivity index (χ0) is 16.6. The van der Waals surface area contributed by atoms with Crippen LogP contribution in [0.4, 0.5) is 4.39 Å². The second-order valence-electron chi connectivity index (χ2n) is 5.67. The van der Waals surface area contributed by atoms with Crippen molar-refractivity contribution in [3.63, 3.8) is 0 Å². The van der Waals surface area contributed by atoms with Crippen LogP contribution >= 0.6 is 11.6 Å². The maximum Gasteiger partial charge on any atom is 0.346 e. The van der Waals surface area contributed by atoms with Gasteiger partial charge in [0.2, 0.25) is 5.91 Å². The van der Waals surface area contributed by atoms with Crippen molar-refractivity contribution in [3.8, 4) is 0 Å². The lowest BCUT2D eigenvalue weighted by molar-refractivity contribution is -0.122. The molecule has 1 atom stereocenters. The van der Waals surface area contributed by atoms with E-state index >= 15 is 0 Å². The summed E-state index contributed by atoms with van der Waals surface area (Å²) in [4.78, 5) is 24.1. The first-order valence-corrected chi connectivity index (χ1v) is 7.71. The summed E-state index contributed by atoms with van der Waals surface area (Å²) >= 11 is 5.74. The Morgan fingerprint density at radius 1 is 1.52 bits per heavy atom. The van der Waals surface area contributed by atoms with E-state index in [-0.39, 0.29) is 35.2 Å². The van der Waals surface area contributed by atoms with Crippen LogP contribution in [-0.4, -0.2) is 20.3 Å². The van der Waals surface area contributed by atoms with E-state index in [4.69, 9.17) is 11.6 Å². The van der Waals surface area contributed by atoms with Crippen LogP contribution in [0.5, 0.6) is 0 Å². The monoisotopic (exact) mass is 338 g/mol. The normalized spacial score (nSPS) is 15.4. The highest BCUT2D eigenvalue weighted by Crippen LogP contribution is 2.32. The minimum atomic E-state index is -0.508. The summed E-state index contributed by atoms with van der Waals surface area (Å²) in [6.45, 7) is 1.60. The third kappa shape index (κ3) is 3.44. The Kier molecular flexibility index (Phi) is 4.21. The van der Waals surface area contributed by atoms with Gasteiger partial charge in [-0.25, -0.2) is 13.9 Å². The topological polar surface area (TPSA) is 68.9 Å². The van der Waals surface area contributed by atoms with Crippen molar-refractivity contribution < 1.29 is 9.18 Å². The average Bonchev–Trinajstić information content (AvgIpc) is 3.28. The molecule has 1 aromatic heterocycles. The van der Waals surface area contributed by atoms with Gasteiger partial charge in [-0.3, -0.25) is 9.36 Å². The van der Waals surface area contributed by atoms with Crippen LogP contribution < -0.4 is 11.0 Å². The average molecular weight is 339 g/mol. The van der Waals surface area contributed by atoms with Crippen LogP contribution in [0.2, 0.25) is 5.02 Å². The largest absolute Gasteiger partial charge is 0.348 e. The van der Waals surface area contributed by atoms with Crippen LogP contribution in [-0.2, 0) is 11.3 Å². The van der Waals surface area contributed by atoms with Gasteiger partial charge in [0, 0.05) is 6.04 Å². The Hall–Kier alpha value is -2.15. The number of hydrogen-bond acceptors (Lipinski definition) is 3. The lowest BCUT2D eigenvalue weighted by Gasteiger charge is -2.14. The van der Waals surface area contributed by atoms with Gasteiger partial charge in [0.1, 0.15) is 18.7 Å². The van der Waals surface area contributed by atoms with Crippen LogP contribution in [0.15, 0.2) is 29.3 Å². The van der Waals surface area contributed by atoms with Gasteiger partial charge in [-0.2, -0.15) is 5.10 Å². The first kappa shape index (κ1) is 15.7. The molecule has 0 aliphatic heterocycles. The van der Waals surface area contributed by atoms with Crippen LogP contribution in [0.1, 0.15) is 37.4 Å². The van der Waals surface area contributed by atoms with Gasteiger partial charge in [0.25, 0.3) is 0 Å². The van der Waals surface area contributed by atoms with E-state index in [2.05, 4.69) is 10.4 Å². The molecule has 0 bridgehead atoms. The fourth-order valence-electron chi connectivity index (χ4n) is 2.35. The van der Waals surface area contributed by atoms with Gasteiger partial charge < -0.3 is 5.32 Å². The van der Waals surface area contributed by atoms with E-state index in [9.17, 15) is 14.0 Å². The van der Waals surface area contributed by atoms with Gasteiger partial charge >= 0.3 is 5.69 Å². The molecule has 1 amide bonds. The highest BCUT2D eigenvalue weighted by Gasteiger charge is 2.26. The molecular formula is C15H16ClFN4O2. The molecule has 6 nitrogen and oxygen atoms in total. The highest BCUT2D eigenvalue weighted by molar-refractivity contribution is 6.30. The lowest BCUT2D eigenvalue weighted by Crippen LogP contribution is -2.34. The molecule has 0 radical (unpaired) electrons. The molecular weight excluding hydrogens is 323 g/mol. The van der Waals surface area contributed by atoms with Crippen molar-refractivity contribution in [3.05, 3.63) is 51.4 Å². The third-order valence-electron chi connectivity index (χ3n) is 3.81. The smallest absolute Gasteiger partial charge is 0.346 e. The molecule has 1 saturated carbocycles. The van der Waals surface area contributed by atoms with E-state index in [1.54, 1.807) is 17.6 Å². The van der Waals surface area contributed by atoms with Gasteiger partial charge in [-0.1, -0.05) is 17.7 Å². The number of carbonyl (C=O) groups is 1. The van der Waals surface area contributed by atoms with Gasteiger partial charge in [-0.05, 0) is 37.5 Å². The standard InChI is InChI=1S/C15H16ClFN4O2/c1-9(10-2-5-13(17)12(16)6-10)19-14(22)7-21-15(23)20(8-18-21)11-3-4-11/h2,5-6,8-9,11H,3-4,7H2,1H3,(H,19,22)/t9-/m0/s1. The number of halogens is 2. The van der Waals surface area contributed by atoms with Crippen molar-refractivity contribution in [2.45, 2.75) is 38.4 Å². The summed E-state index contributed by atoms with van der Waals surface area (Å²) in [5, 5.41) is 6.70. The molecule has 1 N–H and O–H groups in total. The van der Waals surface area contributed by atoms with Crippen molar-refractivity contribution in [1.29, 1.82) is 0 Å². The molecule has 1 aromatic carbocycles. The lowest BCUT2D eigenvalue weighted by atomic mass is 10.1. The predicted octanol–water partition coefficient (Wildman–Crippen LogP) is 2.05. The fraction of sp³-hybridized carbons (Fsp3) is 0.400. The summed E-state index contributed by atoms with van der Waals surface area (Å²) in [6, 6.07) is 4.14. The molecule has 0 spiro atoms. The molecule has 8 heteroatoms. The molecule has 1 fully saturated rings. The Bertz CT molecular complexity index is 797. The maximum atomic E-state index is 13.2. The zero-order valence-corrected chi connectivity index (χ0v) is 13.3. The summed E-state index contributed by atoms with van der Waals surface area (Å²) in [7, 11) is 0. The van der Waals surface area contributed by atoms with Crippen LogP contribution in [0.3, 0.4) is 0 Å². The van der Waals surface area contributed by atoms with Crippen molar-refractivity contribution in [2.24, 2.45) is 0 Å². The number of nitrogens with zero attached hydrogens (tertiary/aromatic N) is 3. The number of hydrogen-bond donors (Lipinski definition) is 1. The second kappa shape index (κ2) is 6.16. The van der Waals surface area contributed by atoms with Crippen molar-refractivity contribution >= 4 is 17.5 Å². The van der Waals surface area contributed by atoms with Gasteiger partial charge in [0.05, 0.1) is 11.1 Å². The molecule has 0 saturated heterocycles. The number of benzene rings is 1. The number of aromatic nitrogens is 3. The first-order valence-electron chi connectivity index (χ1n) is 7.34. The van der Waals surface area contributed by atoms with Gasteiger partial charge in [0.15, 0.2) is 0 Å². The summed E-state index contributed by atoms with van der Waals surface area (Å²) in [5.41, 5.74) is 0.403. The highest BCUT2D eigenvalue weighted by atomic mass is 35.5. The Morgan fingerprint density at radius 2 is 2.26 bits per heavy atom. The van der Waals surface area contributed by atoms with Gasteiger partial charge in [-0.15, -0.1) is 0 Å². The molecule has 1 aliphatic rings. The summed E-state index contributed by atoms with van der Waals surface area (Å²) < 4.78 is 15.9. The minimum absolute atomic E-state index is 0.00277. The van der Waals surface area contributed by atoms with E-state index in [0.717, 1.165) is 17.5 Å². The molecule has 3 rings (SSSR count). The fourth-order valence-corrected chi connectivity index (χ4v) is 2.54.